The summed E-state index contributed by atoms with van der Waals surface area (Å²) in [4.78, 5) is 0. The summed E-state index contributed by atoms with van der Waals surface area (Å²) in [7, 11) is 0. The smallest absolute Gasteiger partial charge is 0.0871 e. The Labute approximate surface area is 48.6 Å². The second-order valence-corrected chi connectivity index (χ2v) is 2.13. The van der Waals surface area contributed by atoms with Gasteiger partial charge in [0, 0.05) is 13.0 Å². The minimum Gasteiger partial charge on any atom is -0.396 e. The highest BCUT2D eigenvalue weighted by atomic mass is 16.3. The van der Waals surface area contributed by atoms with Gasteiger partial charge in [0.25, 0.3) is 0 Å². The van der Waals surface area contributed by atoms with E-state index < -0.39 is 5.60 Å². The van der Waals surface area contributed by atoms with Gasteiger partial charge in [-0.05, 0) is 6.92 Å². The molecule has 50 valence electrons. The summed E-state index contributed by atoms with van der Waals surface area (Å²) in [5.74, 6) is 0. The standard InChI is InChI=1S/C5H12O3/c1-5(8,4-7)2-3-6/h6-8H,2-4H2,1H3/t5-/m1/s1. The highest BCUT2D eigenvalue weighted by Gasteiger charge is 2.16. The number of hydrogen-bond donors (Lipinski definition) is 3. The highest BCUT2D eigenvalue weighted by molar-refractivity contribution is 4.68. The van der Waals surface area contributed by atoms with Crippen molar-refractivity contribution in [3.63, 3.8) is 0 Å². The number of aliphatic hydroxyl groups excluding tert-OH is 2. The molecule has 0 amide bonds. The molecule has 0 heterocycles. The molecule has 0 aromatic carbocycles. The first kappa shape index (κ1) is 7.88. The van der Waals surface area contributed by atoms with Gasteiger partial charge >= 0.3 is 0 Å². The molecule has 0 aromatic heterocycles. The van der Waals surface area contributed by atoms with Crippen LogP contribution in [0.4, 0.5) is 0 Å². The lowest BCUT2D eigenvalue weighted by Crippen LogP contribution is -2.29. The normalized spacial score (nSPS) is 18.0. The Kier molecular flexibility index (Phi) is 2.97. The molecule has 0 unspecified atom stereocenters. The Bertz CT molecular complexity index is 60.7. The number of rotatable bonds is 3. The lowest BCUT2D eigenvalue weighted by Gasteiger charge is -2.17. The van der Waals surface area contributed by atoms with E-state index in [1.807, 2.05) is 0 Å². The van der Waals surface area contributed by atoms with Crippen molar-refractivity contribution in [3.8, 4) is 0 Å². The van der Waals surface area contributed by atoms with Crippen LogP contribution >= 0.6 is 0 Å². The van der Waals surface area contributed by atoms with Gasteiger partial charge in [0.1, 0.15) is 0 Å². The number of hydrogen-bond acceptors (Lipinski definition) is 3. The topological polar surface area (TPSA) is 60.7 Å². The van der Waals surface area contributed by atoms with Gasteiger partial charge in [0.2, 0.25) is 0 Å². The molecule has 0 aliphatic carbocycles. The maximum absolute atomic E-state index is 8.91. The molecule has 0 saturated carbocycles. The van der Waals surface area contributed by atoms with Gasteiger partial charge in [-0.1, -0.05) is 0 Å². The summed E-state index contributed by atoms with van der Waals surface area (Å²) >= 11 is 0. The Hall–Kier alpha value is -0.120. The van der Waals surface area contributed by atoms with Crippen molar-refractivity contribution < 1.29 is 15.3 Å². The van der Waals surface area contributed by atoms with Crippen LogP contribution < -0.4 is 0 Å². The van der Waals surface area contributed by atoms with Crippen LogP contribution in [0.3, 0.4) is 0 Å². The molecule has 0 aliphatic heterocycles. The first-order valence-electron chi connectivity index (χ1n) is 2.56. The van der Waals surface area contributed by atoms with E-state index >= 15 is 0 Å². The van der Waals surface area contributed by atoms with Crippen molar-refractivity contribution >= 4 is 0 Å². The van der Waals surface area contributed by atoms with Crippen LogP contribution in [0.5, 0.6) is 0 Å². The molecule has 3 nitrogen and oxygen atoms in total. The van der Waals surface area contributed by atoms with Crippen LogP contribution in [0, 0.1) is 0 Å². The minimum atomic E-state index is -1.10. The fourth-order valence-corrected chi connectivity index (χ4v) is 0.320. The Morgan fingerprint density at radius 2 is 1.88 bits per heavy atom. The van der Waals surface area contributed by atoms with E-state index in [2.05, 4.69) is 0 Å². The monoisotopic (exact) mass is 120 g/mol. The van der Waals surface area contributed by atoms with Gasteiger partial charge in [-0.25, -0.2) is 0 Å². The maximum Gasteiger partial charge on any atom is 0.0871 e. The summed E-state index contributed by atoms with van der Waals surface area (Å²) in [5, 5.41) is 25.5. The van der Waals surface area contributed by atoms with Crippen LogP contribution in [-0.2, 0) is 0 Å². The van der Waals surface area contributed by atoms with Gasteiger partial charge in [-0.3, -0.25) is 0 Å². The van der Waals surface area contributed by atoms with E-state index in [4.69, 9.17) is 15.3 Å². The fourth-order valence-electron chi connectivity index (χ4n) is 0.320. The molecule has 0 aliphatic rings. The number of aliphatic hydroxyl groups is 3. The van der Waals surface area contributed by atoms with E-state index in [9.17, 15) is 0 Å². The predicted octanol–water partition coefficient (Wildman–Crippen LogP) is -0.888. The highest BCUT2D eigenvalue weighted by Crippen LogP contribution is 2.05. The van der Waals surface area contributed by atoms with Gasteiger partial charge in [0.05, 0.1) is 12.2 Å². The average molecular weight is 120 g/mol. The Morgan fingerprint density at radius 1 is 1.38 bits per heavy atom. The van der Waals surface area contributed by atoms with Crippen molar-refractivity contribution in [3.05, 3.63) is 0 Å². The van der Waals surface area contributed by atoms with Gasteiger partial charge in [-0.15, -0.1) is 0 Å². The predicted molar refractivity (Wildman–Crippen MR) is 29.4 cm³/mol. The molecular formula is C5H12O3. The molecule has 3 N–H and O–H groups in total. The zero-order valence-electron chi connectivity index (χ0n) is 4.96. The molecule has 0 rings (SSSR count). The second-order valence-electron chi connectivity index (χ2n) is 2.13. The lowest BCUT2D eigenvalue weighted by molar-refractivity contribution is -0.0162. The fraction of sp³-hybridized carbons (Fsp3) is 1.00. The molecule has 0 aromatic rings. The molecule has 0 saturated heterocycles. The van der Waals surface area contributed by atoms with E-state index in [0.717, 1.165) is 0 Å². The van der Waals surface area contributed by atoms with Crippen LogP contribution in [0.1, 0.15) is 13.3 Å². The van der Waals surface area contributed by atoms with E-state index in [1.54, 1.807) is 0 Å². The summed E-state index contributed by atoms with van der Waals surface area (Å²) in [6.45, 7) is 1.09. The summed E-state index contributed by atoms with van der Waals surface area (Å²) in [6, 6.07) is 0. The van der Waals surface area contributed by atoms with Crippen LogP contribution in [-0.4, -0.2) is 34.1 Å². The zero-order valence-corrected chi connectivity index (χ0v) is 4.96. The van der Waals surface area contributed by atoms with E-state index in [1.165, 1.54) is 6.92 Å². The van der Waals surface area contributed by atoms with E-state index in [0.29, 0.717) is 0 Å². The summed E-state index contributed by atoms with van der Waals surface area (Å²) < 4.78 is 0. The average Bonchev–Trinajstić information content (AvgIpc) is 1.67. The second kappa shape index (κ2) is 3.02. The third-order valence-electron chi connectivity index (χ3n) is 0.991. The van der Waals surface area contributed by atoms with Gasteiger partial charge < -0.3 is 15.3 Å². The molecule has 0 fully saturated rings. The third-order valence-corrected chi connectivity index (χ3v) is 0.991. The minimum absolute atomic E-state index is 0.0897. The van der Waals surface area contributed by atoms with Crippen LogP contribution in [0.25, 0.3) is 0 Å². The molecule has 3 heteroatoms. The van der Waals surface area contributed by atoms with Crippen molar-refractivity contribution in [2.24, 2.45) is 0 Å². The Balaban J connectivity index is 3.37. The largest absolute Gasteiger partial charge is 0.396 e. The van der Waals surface area contributed by atoms with Gasteiger partial charge in [0.15, 0.2) is 0 Å². The first-order valence-corrected chi connectivity index (χ1v) is 2.56. The molecular weight excluding hydrogens is 108 g/mol. The third kappa shape index (κ3) is 2.96. The first-order chi connectivity index (χ1) is 3.62. The lowest BCUT2D eigenvalue weighted by atomic mass is 10.1. The molecule has 0 radical (unpaired) electrons. The molecule has 1 atom stereocenters. The van der Waals surface area contributed by atoms with Gasteiger partial charge in [-0.2, -0.15) is 0 Å². The molecule has 0 spiro atoms. The van der Waals surface area contributed by atoms with Crippen LogP contribution in [0.15, 0.2) is 0 Å². The zero-order chi connectivity index (χ0) is 6.62. The summed E-state index contributed by atoms with van der Waals surface area (Å²) in [6.07, 6.45) is 0.226. The van der Waals surface area contributed by atoms with Crippen molar-refractivity contribution in [1.29, 1.82) is 0 Å². The van der Waals surface area contributed by atoms with Crippen molar-refractivity contribution in [2.75, 3.05) is 13.2 Å². The van der Waals surface area contributed by atoms with E-state index in [-0.39, 0.29) is 19.6 Å². The van der Waals surface area contributed by atoms with Crippen molar-refractivity contribution in [2.45, 2.75) is 18.9 Å². The summed E-state index contributed by atoms with van der Waals surface area (Å²) in [5.41, 5.74) is -1.10. The molecule has 0 bridgehead atoms. The van der Waals surface area contributed by atoms with Crippen molar-refractivity contribution in [1.82, 2.24) is 0 Å². The molecule has 8 heavy (non-hydrogen) atoms. The maximum atomic E-state index is 8.91. The Morgan fingerprint density at radius 3 is 2.00 bits per heavy atom. The SMILES string of the molecule is C[C@](O)(CO)CCO. The quantitative estimate of drug-likeness (QED) is 0.453. The van der Waals surface area contributed by atoms with Crippen LogP contribution in [0.2, 0.25) is 0 Å².